The van der Waals surface area contributed by atoms with Crippen LogP contribution in [0.2, 0.25) is 0 Å². The molecule has 5 aliphatic rings. The van der Waals surface area contributed by atoms with Crippen molar-refractivity contribution in [2.45, 2.75) is 105 Å². The molecule has 0 aliphatic heterocycles. The minimum atomic E-state index is -0.485. The van der Waals surface area contributed by atoms with Gasteiger partial charge in [-0.1, -0.05) is 65.3 Å². The summed E-state index contributed by atoms with van der Waals surface area (Å²) in [4.78, 5) is 31.6. The maximum absolute atomic E-state index is 14.8. The van der Waals surface area contributed by atoms with E-state index in [1.54, 1.807) is 0 Å². The summed E-state index contributed by atoms with van der Waals surface area (Å²) in [6.07, 6.45) is 10.3. The van der Waals surface area contributed by atoms with Crippen molar-refractivity contribution in [3.05, 3.63) is 47.2 Å². The molecule has 2 aromatic rings. The van der Waals surface area contributed by atoms with Crippen LogP contribution in [-0.4, -0.2) is 23.8 Å². The van der Waals surface area contributed by atoms with Crippen molar-refractivity contribution in [2.24, 2.45) is 44.8 Å². The number of hydrogen-bond acceptors (Lipinski definition) is 3. The van der Waals surface area contributed by atoms with E-state index in [9.17, 15) is 9.59 Å². The fraction of sp³-hybridized carbons (Fsp3) is 0.676. The first-order valence-corrected chi connectivity index (χ1v) is 16.1. The molecule has 3 saturated carbocycles. The number of rotatable bonds is 1. The molecular weight excluding hydrogens is 506 g/mol. The van der Waals surface area contributed by atoms with E-state index >= 15 is 0 Å². The van der Waals surface area contributed by atoms with Crippen LogP contribution in [0.15, 0.2) is 35.9 Å². The number of benzene rings is 1. The number of ketones is 1. The number of ether oxygens (including phenoxy) is 1. The van der Waals surface area contributed by atoms with E-state index in [0.717, 1.165) is 51.4 Å². The lowest BCUT2D eigenvalue weighted by atomic mass is 9.33. The van der Waals surface area contributed by atoms with Crippen molar-refractivity contribution in [3.8, 4) is 0 Å². The lowest BCUT2D eigenvalue weighted by molar-refractivity contribution is -0.174. The Morgan fingerprint density at radius 3 is 2.39 bits per heavy atom. The van der Waals surface area contributed by atoms with E-state index in [1.165, 1.54) is 34.8 Å². The van der Waals surface area contributed by atoms with Crippen molar-refractivity contribution >= 4 is 22.7 Å². The maximum Gasteiger partial charge on any atom is 0.311 e. The molecule has 1 aromatic carbocycles. The molecule has 0 unspecified atom stereocenters. The molecule has 5 aliphatic carbocycles. The molecule has 0 spiro atoms. The lowest BCUT2D eigenvalue weighted by Gasteiger charge is -2.70. The van der Waals surface area contributed by atoms with Crippen LogP contribution in [0.3, 0.4) is 0 Å². The van der Waals surface area contributed by atoms with Gasteiger partial charge >= 0.3 is 5.97 Å². The van der Waals surface area contributed by atoms with Gasteiger partial charge in [0.25, 0.3) is 0 Å². The van der Waals surface area contributed by atoms with Gasteiger partial charge in [-0.3, -0.25) is 9.59 Å². The molecule has 0 saturated heterocycles. The molecular formula is C37H49NO3. The van der Waals surface area contributed by atoms with E-state index in [2.05, 4.69) is 83.8 Å². The minimum absolute atomic E-state index is 0.0106. The van der Waals surface area contributed by atoms with Gasteiger partial charge in [0.05, 0.1) is 12.5 Å². The van der Waals surface area contributed by atoms with Crippen LogP contribution < -0.4 is 0 Å². The van der Waals surface area contributed by atoms with Gasteiger partial charge in [-0.25, -0.2) is 0 Å². The first-order chi connectivity index (χ1) is 19.1. The maximum atomic E-state index is 14.8. The van der Waals surface area contributed by atoms with Crippen molar-refractivity contribution in [2.75, 3.05) is 7.11 Å². The number of nitrogens with one attached hydrogen (secondary N) is 1. The Balaban J connectivity index is 1.37. The molecule has 41 heavy (non-hydrogen) atoms. The number of carbonyl (C=O) groups excluding carboxylic acids is 2. The Hall–Kier alpha value is -2.36. The van der Waals surface area contributed by atoms with E-state index in [4.69, 9.17) is 4.74 Å². The van der Waals surface area contributed by atoms with Gasteiger partial charge in [-0.15, -0.1) is 0 Å². The molecule has 220 valence electrons. The highest BCUT2D eigenvalue weighted by molar-refractivity contribution is 5.96. The summed E-state index contributed by atoms with van der Waals surface area (Å²) in [6, 6.07) is 8.73. The van der Waals surface area contributed by atoms with Crippen LogP contribution in [0.1, 0.15) is 105 Å². The molecule has 1 heterocycles. The molecule has 1 aromatic heterocycles. The number of methoxy groups -OCH3 is 1. The highest BCUT2D eigenvalue weighted by Crippen LogP contribution is 2.75. The van der Waals surface area contributed by atoms with Crippen LogP contribution in [0, 0.1) is 44.8 Å². The Labute approximate surface area is 246 Å². The zero-order valence-electron chi connectivity index (χ0n) is 26.5. The number of hydrogen-bond donors (Lipinski definition) is 1. The summed E-state index contributed by atoms with van der Waals surface area (Å²) in [5, 5.41) is 1.32. The molecule has 4 heteroatoms. The summed E-state index contributed by atoms with van der Waals surface area (Å²) in [5.74, 6) is 0.923. The number of esters is 1. The van der Waals surface area contributed by atoms with Crippen LogP contribution in [0.25, 0.3) is 10.9 Å². The molecule has 0 radical (unpaired) electrons. The zero-order valence-corrected chi connectivity index (χ0v) is 26.5. The molecule has 7 rings (SSSR count). The molecule has 1 N–H and O–H groups in total. The Bertz CT molecular complexity index is 1510. The number of fused-ring (bicyclic) bond motifs is 10. The van der Waals surface area contributed by atoms with Crippen molar-refractivity contribution in [3.63, 3.8) is 0 Å². The summed E-state index contributed by atoms with van der Waals surface area (Å²) in [5.41, 5.74) is 4.72. The first kappa shape index (κ1) is 27.5. The zero-order chi connectivity index (χ0) is 29.4. The Kier molecular flexibility index (Phi) is 5.47. The third kappa shape index (κ3) is 3.23. The number of para-hydroxylation sites is 1. The van der Waals surface area contributed by atoms with E-state index in [0.29, 0.717) is 11.7 Å². The average molecular weight is 556 g/mol. The average Bonchev–Trinajstić information content (AvgIpc) is 3.29. The molecule has 0 amide bonds. The van der Waals surface area contributed by atoms with Crippen LogP contribution in [0.5, 0.6) is 0 Å². The monoisotopic (exact) mass is 555 g/mol. The van der Waals surface area contributed by atoms with Gasteiger partial charge in [0.2, 0.25) is 0 Å². The number of allylic oxidation sites excluding steroid dienone is 2. The topological polar surface area (TPSA) is 59.2 Å². The number of carbonyl (C=O) groups is 2. The second kappa shape index (κ2) is 8.17. The Morgan fingerprint density at radius 2 is 1.66 bits per heavy atom. The predicted octanol–water partition coefficient (Wildman–Crippen LogP) is 8.34. The first-order valence-electron chi connectivity index (χ1n) is 16.1. The smallest absolute Gasteiger partial charge is 0.311 e. The molecule has 4 nitrogen and oxygen atoms in total. The number of aromatic amines is 1. The largest absolute Gasteiger partial charge is 0.469 e. The molecule has 3 fully saturated rings. The number of H-pyrrole nitrogens is 1. The van der Waals surface area contributed by atoms with Crippen molar-refractivity contribution in [1.29, 1.82) is 0 Å². The fourth-order valence-corrected chi connectivity index (χ4v) is 11.9. The molecule has 8 atom stereocenters. The minimum Gasteiger partial charge on any atom is -0.469 e. The summed E-state index contributed by atoms with van der Waals surface area (Å²) in [7, 11) is 1.52. The highest BCUT2D eigenvalue weighted by atomic mass is 16.5. The van der Waals surface area contributed by atoms with E-state index in [1.807, 2.05) is 0 Å². The van der Waals surface area contributed by atoms with Gasteiger partial charge in [0.15, 0.2) is 5.78 Å². The van der Waals surface area contributed by atoms with Crippen LogP contribution >= 0.6 is 0 Å². The fourth-order valence-electron chi connectivity index (χ4n) is 11.9. The van der Waals surface area contributed by atoms with Gasteiger partial charge in [-0.05, 0) is 109 Å². The number of aromatic nitrogens is 1. The summed E-state index contributed by atoms with van der Waals surface area (Å²) in [6.45, 7) is 16.8. The van der Waals surface area contributed by atoms with Gasteiger partial charge < -0.3 is 9.72 Å². The van der Waals surface area contributed by atoms with Crippen LogP contribution in [0.4, 0.5) is 0 Å². The second-order valence-corrected chi connectivity index (χ2v) is 16.7. The van der Waals surface area contributed by atoms with Gasteiger partial charge in [0, 0.05) is 27.9 Å². The summed E-state index contributed by atoms with van der Waals surface area (Å²) < 4.78 is 5.31. The van der Waals surface area contributed by atoms with Crippen molar-refractivity contribution < 1.29 is 14.3 Å². The Morgan fingerprint density at radius 1 is 0.951 bits per heavy atom. The highest BCUT2D eigenvalue weighted by Gasteiger charge is 2.70. The normalized spacial score (nSPS) is 44.5. The quantitative estimate of drug-likeness (QED) is 0.360. The van der Waals surface area contributed by atoms with Gasteiger partial charge in [-0.2, -0.15) is 0 Å². The van der Waals surface area contributed by atoms with E-state index in [-0.39, 0.29) is 44.9 Å². The predicted molar refractivity (Wildman–Crippen MR) is 163 cm³/mol. The van der Waals surface area contributed by atoms with E-state index < -0.39 is 5.41 Å². The van der Waals surface area contributed by atoms with Crippen LogP contribution in [-0.2, 0) is 26.2 Å². The molecule has 0 bridgehead atoms. The van der Waals surface area contributed by atoms with Gasteiger partial charge in [0.1, 0.15) is 0 Å². The standard InChI is InChI=1S/C37H49NO3/c1-32(2)28-13-14-37(7)29(35(28,5)20-23-22-11-9-10-12-26(22)38-30(23)32)27(39)19-24-25-21-34(4,31(40)41-8)16-15-33(25,3)17-18-36(24,37)6/h9-12,19,25,28-29,38H,13-18,20-21H2,1-8H3/t25-,28-,29+,33+,34+,35+,36+,37-/m0/s1. The summed E-state index contributed by atoms with van der Waals surface area (Å²) >= 11 is 0. The third-order valence-electron chi connectivity index (χ3n) is 14.4. The SMILES string of the molecule is COC(=O)[C@]1(C)CC[C@]2(C)CC[C@]3(C)C(=CC(=O)[C@@H]4[C@]5(C)Cc6c([nH]c7ccccc67)C(C)(C)[C@@H]5CC[C@@]43C)[C@@H]2C1. The second-order valence-electron chi connectivity index (χ2n) is 16.7. The third-order valence-corrected chi connectivity index (χ3v) is 14.4. The lowest BCUT2D eigenvalue weighted by Crippen LogP contribution is -2.66. The van der Waals surface area contributed by atoms with Crippen molar-refractivity contribution in [1.82, 2.24) is 4.98 Å².